The molecule has 2 rings (SSSR count). The van der Waals surface area contributed by atoms with E-state index in [2.05, 4.69) is 20.9 Å². The Bertz CT molecular complexity index is 612. The predicted octanol–water partition coefficient (Wildman–Crippen LogP) is 3.19. The van der Waals surface area contributed by atoms with Crippen LogP contribution in [0.15, 0.2) is 22.7 Å². The first kappa shape index (κ1) is 14.1. The van der Waals surface area contributed by atoms with Crippen molar-refractivity contribution in [1.82, 2.24) is 9.55 Å². The van der Waals surface area contributed by atoms with E-state index in [0.717, 1.165) is 21.3 Å². The van der Waals surface area contributed by atoms with Crippen molar-refractivity contribution < 1.29 is 9.53 Å². The van der Waals surface area contributed by atoms with Crippen LogP contribution in [0.25, 0.3) is 11.0 Å². The predicted molar refractivity (Wildman–Crippen MR) is 77.2 cm³/mol. The number of ether oxygens (including phenoxy) is 1. The summed E-state index contributed by atoms with van der Waals surface area (Å²) in [5.41, 5.74) is 6.73. The van der Waals surface area contributed by atoms with Gasteiger partial charge in [-0.1, -0.05) is 15.9 Å². The van der Waals surface area contributed by atoms with Gasteiger partial charge in [0, 0.05) is 4.47 Å². The van der Waals surface area contributed by atoms with E-state index in [-0.39, 0.29) is 12.0 Å². The Morgan fingerprint density at radius 1 is 1.63 bits per heavy atom. The van der Waals surface area contributed by atoms with E-state index in [1.165, 1.54) is 0 Å². The van der Waals surface area contributed by atoms with Crippen LogP contribution in [0.1, 0.15) is 18.1 Å². The van der Waals surface area contributed by atoms with Crippen molar-refractivity contribution in [2.75, 3.05) is 6.61 Å². The van der Waals surface area contributed by atoms with Gasteiger partial charge < -0.3 is 15.0 Å². The normalized spacial score (nSPS) is 12.6. The smallest absolute Gasteiger partial charge is 0.404 e. The molecule has 7 heteroatoms. The van der Waals surface area contributed by atoms with E-state index >= 15 is 0 Å². The molecule has 0 bridgehead atoms. The highest BCUT2D eigenvalue weighted by atomic mass is 79.9. The molecule has 0 radical (unpaired) electrons. The van der Waals surface area contributed by atoms with Gasteiger partial charge in [0.1, 0.15) is 12.4 Å². The maximum absolute atomic E-state index is 10.6. The molecular weight excluding hydrogens is 334 g/mol. The zero-order chi connectivity index (χ0) is 14.0. The number of aromatic nitrogens is 2. The van der Waals surface area contributed by atoms with Crippen molar-refractivity contribution in [1.29, 1.82) is 0 Å². The first-order valence-electron chi connectivity index (χ1n) is 5.71. The third kappa shape index (κ3) is 3.19. The largest absolute Gasteiger partial charge is 0.448 e. The van der Waals surface area contributed by atoms with E-state index in [1.54, 1.807) is 0 Å². The van der Waals surface area contributed by atoms with Gasteiger partial charge in [-0.3, -0.25) is 0 Å². The number of halogens is 2. The quantitative estimate of drug-likeness (QED) is 0.864. The Hall–Kier alpha value is -1.27. The minimum Gasteiger partial charge on any atom is -0.448 e. The van der Waals surface area contributed by atoms with Gasteiger partial charge in [0.25, 0.3) is 0 Å². The van der Waals surface area contributed by atoms with Crippen molar-refractivity contribution in [3.63, 3.8) is 0 Å². The Balaban J connectivity index is 2.37. The lowest BCUT2D eigenvalue weighted by Crippen LogP contribution is -2.17. The molecular formula is C12H13BrClN3O2. The van der Waals surface area contributed by atoms with Gasteiger partial charge in [0.15, 0.2) is 0 Å². The molecule has 1 heterocycles. The average Bonchev–Trinajstić information content (AvgIpc) is 2.67. The van der Waals surface area contributed by atoms with Crippen LogP contribution in [0.3, 0.4) is 0 Å². The highest BCUT2D eigenvalue weighted by Gasteiger charge is 2.15. The minimum absolute atomic E-state index is 0.188. The lowest BCUT2D eigenvalue weighted by atomic mass is 10.3. The summed E-state index contributed by atoms with van der Waals surface area (Å²) >= 11 is 9.54. The van der Waals surface area contributed by atoms with Crippen LogP contribution in [-0.4, -0.2) is 22.3 Å². The summed E-state index contributed by atoms with van der Waals surface area (Å²) < 4.78 is 7.64. The van der Waals surface area contributed by atoms with Gasteiger partial charge in [0.05, 0.1) is 23.0 Å². The SMILES string of the molecule is CC(Cl)c1nc2cc(Br)ccc2n1CCOC(N)=O. The first-order valence-corrected chi connectivity index (χ1v) is 6.94. The van der Waals surface area contributed by atoms with Gasteiger partial charge in [-0.2, -0.15) is 0 Å². The lowest BCUT2D eigenvalue weighted by molar-refractivity contribution is 0.152. The van der Waals surface area contributed by atoms with Gasteiger partial charge >= 0.3 is 6.09 Å². The van der Waals surface area contributed by atoms with Crippen LogP contribution >= 0.6 is 27.5 Å². The summed E-state index contributed by atoms with van der Waals surface area (Å²) in [7, 11) is 0. The zero-order valence-electron chi connectivity index (χ0n) is 10.3. The summed E-state index contributed by atoms with van der Waals surface area (Å²) in [5, 5.41) is -0.236. The third-order valence-corrected chi connectivity index (χ3v) is 3.34. The molecule has 1 aromatic carbocycles. The number of carbonyl (C=O) groups excluding carboxylic acids is 1. The molecule has 1 atom stereocenters. The molecule has 2 aromatic rings. The molecule has 1 unspecified atom stereocenters. The summed E-state index contributed by atoms with van der Waals surface area (Å²) in [6.07, 6.45) is -0.785. The molecule has 0 saturated heterocycles. The molecule has 1 aromatic heterocycles. The van der Waals surface area contributed by atoms with E-state index in [1.807, 2.05) is 29.7 Å². The van der Waals surface area contributed by atoms with E-state index in [9.17, 15) is 4.79 Å². The van der Waals surface area contributed by atoms with Crippen molar-refractivity contribution in [2.24, 2.45) is 5.73 Å². The molecule has 102 valence electrons. The Labute approximate surface area is 123 Å². The van der Waals surface area contributed by atoms with Gasteiger partial charge in [-0.05, 0) is 25.1 Å². The summed E-state index contributed by atoms with van der Waals surface area (Å²) in [4.78, 5) is 15.1. The average molecular weight is 347 g/mol. The highest BCUT2D eigenvalue weighted by molar-refractivity contribution is 9.10. The van der Waals surface area contributed by atoms with E-state index in [4.69, 9.17) is 22.1 Å². The molecule has 2 N–H and O–H groups in total. The monoisotopic (exact) mass is 345 g/mol. The van der Waals surface area contributed by atoms with Crippen LogP contribution in [0, 0.1) is 0 Å². The molecule has 0 saturated carbocycles. The summed E-state index contributed by atoms with van der Waals surface area (Å²) in [6, 6.07) is 5.79. The fourth-order valence-electron chi connectivity index (χ4n) is 1.90. The van der Waals surface area contributed by atoms with Gasteiger partial charge in [-0.15, -0.1) is 11.6 Å². The Morgan fingerprint density at radius 3 is 3.00 bits per heavy atom. The fraction of sp³-hybridized carbons (Fsp3) is 0.333. The molecule has 0 spiro atoms. The summed E-state index contributed by atoms with van der Waals surface area (Å²) in [5.74, 6) is 0.739. The summed E-state index contributed by atoms with van der Waals surface area (Å²) in [6.45, 7) is 2.50. The number of primary amides is 1. The molecule has 1 amide bonds. The molecule has 19 heavy (non-hydrogen) atoms. The Morgan fingerprint density at radius 2 is 2.37 bits per heavy atom. The molecule has 0 aliphatic carbocycles. The first-order chi connectivity index (χ1) is 8.99. The number of hydrogen-bond acceptors (Lipinski definition) is 3. The topological polar surface area (TPSA) is 70.1 Å². The second kappa shape index (κ2) is 5.79. The van der Waals surface area contributed by atoms with Crippen molar-refractivity contribution >= 4 is 44.7 Å². The fourth-order valence-corrected chi connectivity index (χ4v) is 2.41. The van der Waals surface area contributed by atoms with E-state index < -0.39 is 6.09 Å². The second-order valence-corrected chi connectivity index (χ2v) is 5.61. The van der Waals surface area contributed by atoms with Crippen LogP contribution in [-0.2, 0) is 11.3 Å². The van der Waals surface area contributed by atoms with Crippen LogP contribution in [0.5, 0.6) is 0 Å². The van der Waals surface area contributed by atoms with Crippen molar-refractivity contribution in [3.8, 4) is 0 Å². The number of imidazole rings is 1. The number of hydrogen-bond donors (Lipinski definition) is 1. The standard InChI is InChI=1S/C12H13BrClN3O2/c1-7(14)11-16-9-6-8(13)2-3-10(9)17(11)4-5-19-12(15)18/h2-3,6-7H,4-5H2,1H3,(H2,15,18). The van der Waals surface area contributed by atoms with Crippen LogP contribution in [0.2, 0.25) is 0 Å². The molecule has 0 fully saturated rings. The molecule has 5 nitrogen and oxygen atoms in total. The second-order valence-electron chi connectivity index (χ2n) is 4.04. The minimum atomic E-state index is -0.785. The number of rotatable bonds is 4. The number of alkyl halides is 1. The number of benzene rings is 1. The maximum Gasteiger partial charge on any atom is 0.404 e. The number of nitrogens with two attached hydrogens (primary N) is 1. The van der Waals surface area contributed by atoms with Crippen LogP contribution in [0.4, 0.5) is 4.79 Å². The Kier molecular flexibility index (Phi) is 4.31. The number of fused-ring (bicyclic) bond motifs is 1. The highest BCUT2D eigenvalue weighted by Crippen LogP contribution is 2.26. The van der Waals surface area contributed by atoms with Gasteiger partial charge in [-0.25, -0.2) is 9.78 Å². The third-order valence-electron chi connectivity index (χ3n) is 2.65. The van der Waals surface area contributed by atoms with Gasteiger partial charge in [0.2, 0.25) is 0 Å². The van der Waals surface area contributed by atoms with Crippen molar-refractivity contribution in [3.05, 3.63) is 28.5 Å². The number of carbonyl (C=O) groups is 1. The van der Waals surface area contributed by atoms with E-state index in [0.29, 0.717) is 6.54 Å². The zero-order valence-corrected chi connectivity index (χ0v) is 12.6. The maximum atomic E-state index is 10.6. The number of nitrogens with zero attached hydrogens (tertiary/aromatic N) is 2. The molecule has 0 aliphatic heterocycles. The molecule has 0 aliphatic rings. The number of amides is 1. The lowest BCUT2D eigenvalue weighted by Gasteiger charge is -2.10. The van der Waals surface area contributed by atoms with Crippen molar-refractivity contribution in [2.45, 2.75) is 18.8 Å². The van der Waals surface area contributed by atoms with Crippen LogP contribution < -0.4 is 5.73 Å².